The van der Waals surface area contributed by atoms with Crippen molar-refractivity contribution in [3.63, 3.8) is 0 Å². The molecule has 1 saturated heterocycles. The first-order valence-corrected chi connectivity index (χ1v) is 4.83. The molecule has 78 valence electrons. The maximum atomic E-state index is 10.9. The number of fused-ring (bicyclic) bond motifs is 1. The van der Waals surface area contributed by atoms with Crippen molar-refractivity contribution in [3.8, 4) is 0 Å². The summed E-state index contributed by atoms with van der Waals surface area (Å²) >= 11 is 0. The van der Waals surface area contributed by atoms with Crippen LogP contribution in [0.15, 0.2) is 12.2 Å². The molecule has 3 unspecified atom stereocenters. The van der Waals surface area contributed by atoms with Crippen molar-refractivity contribution in [1.82, 2.24) is 0 Å². The molecule has 0 radical (unpaired) electrons. The summed E-state index contributed by atoms with van der Waals surface area (Å²) in [5.74, 6) is -0.986. The zero-order valence-electron chi connectivity index (χ0n) is 7.80. The zero-order chi connectivity index (χ0) is 10.1. The summed E-state index contributed by atoms with van der Waals surface area (Å²) in [7, 11) is 0. The maximum absolute atomic E-state index is 10.9. The van der Waals surface area contributed by atoms with Gasteiger partial charge in [0.05, 0.1) is 19.1 Å². The Labute approximate surface area is 82.2 Å². The molecule has 0 amide bonds. The summed E-state index contributed by atoms with van der Waals surface area (Å²) in [6.07, 6.45) is 3.84. The number of ether oxygens (including phenoxy) is 1. The molecule has 1 aliphatic heterocycles. The average molecular weight is 198 g/mol. The van der Waals surface area contributed by atoms with Gasteiger partial charge in [-0.3, -0.25) is 4.79 Å². The van der Waals surface area contributed by atoms with Crippen molar-refractivity contribution < 1.29 is 19.7 Å². The molecule has 4 nitrogen and oxygen atoms in total. The van der Waals surface area contributed by atoms with Gasteiger partial charge < -0.3 is 14.9 Å². The average Bonchev–Trinajstić information content (AvgIpc) is 2.59. The van der Waals surface area contributed by atoms with E-state index in [-0.39, 0.29) is 24.4 Å². The summed E-state index contributed by atoms with van der Waals surface area (Å²) in [4.78, 5) is 10.9. The van der Waals surface area contributed by atoms with Crippen molar-refractivity contribution in [2.24, 2.45) is 23.7 Å². The van der Waals surface area contributed by atoms with Gasteiger partial charge in [-0.2, -0.15) is 0 Å². The van der Waals surface area contributed by atoms with Crippen molar-refractivity contribution in [1.29, 1.82) is 0 Å². The molecular formula is C10H14O4. The van der Waals surface area contributed by atoms with Gasteiger partial charge in [0.25, 0.3) is 0 Å². The van der Waals surface area contributed by atoms with E-state index in [2.05, 4.69) is 0 Å². The molecule has 2 aliphatic rings. The molecule has 0 saturated carbocycles. The van der Waals surface area contributed by atoms with E-state index in [9.17, 15) is 4.79 Å². The molecule has 0 aromatic heterocycles. The molecule has 14 heavy (non-hydrogen) atoms. The van der Waals surface area contributed by atoms with Crippen molar-refractivity contribution >= 4 is 5.97 Å². The van der Waals surface area contributed by atoms with Gasteiger partial charge in [-0.25, -0.2) is 0 Å². The second-order valence-corrected chi connectivity index (χ2v) is 3.95. The lowest BCUT2D eigenvalue weighted by Gasteiger charge is -2.33. The van der Waals surface area contributed by atoms with E-state index in [0.29, 0.717) is 13.2 Å². The first-order chi connectivity index (χ1) is 6.74. The Morgan fingerprint density at radius 3 is 2.86 bits per heavy atom. The third-order valence-electron chi connectivity index (χ3n) is 3.23. The smallest absolute Gasteiger partial charge is 0.309 e. The number of carboxylic acid groups (broad SMARTS) is 1. The summed E-state index contributed by atoms with van der Waals surface area (Å²) in [6.45, 7) is 0.930. The minimum atomic E-state index is -0.803. The summed E-state index contributed by atoms with van der Waals surface area (Å²) in [6, 6.07) is 0. The minimum absolute atomic E-state index is 0.0402. The van der Waals surface area contributed by atoms with Gasteiger partial charge in [0.2, 0.25) is 0 Å². The highest BCUT2D eigenvalue weighted by Crippen LogP contribution is 2.39. The fraction of sp³-hybridized carbons (Fsp3) is 0.700. The van der Waals surface area contributed by atoms with E-state index in [1.807, 2.05) is 12.2 Å². The van der Waals surface area contributed by atoms with Gasteiger partial charge in [0.15, 0.2) is 0 Å². The van der Waals surface area contributed by atoms with Crippen LogP contribution < -0.4 is 0 Å². The van der Waals surface area contributed by atoms with E-state index in [0.717, 1.165) is 0 Å². The molecule has 4 heteroatoms. The number of carbonyl (C=O) groups is 1. The lowest BCUT2D eigenvalue weighted by Crippen LogP contribution is -2.40. The Bertz CT molecular complexity index is 261. The number of aliphatic carboxylic acids is 1. The van der Waals surface area contributed by atoms with E-state index in [1.165, 1.54) is 0 Å². The molecule has 0 bridgehead atoms. The second-order valence-electron chi connectivity index (χ2n) is 3.95. The molecule has 0 aromatic carbocycles. The monoisotopic (exact) mass is 198 g/mol. The normalized spacial score (nSPS) is 40.9. The van der Waals surface area contributed by atoms with Crippen molar-refractivity contribution in [3.05, 3.63) is 12.2 Å². The van der Waals surface area contributed by atoms with E-state index >= 15 is 0 Å². The molecular weight excluding hydrogens is 184 g/mol. The number of hydrogen-bond donors (Lipinski definition) is 2. The fourth-order valence-corrected chi connectivity index (χ4v) is 2.38. The molecule has 1 fully saturated rings. The zero-order valence-corrected chi connectivity index (χ0v) is 7.80. The number of rotatable bonds is 2. The molecule has 1 aliphatic carbocycles. The van der Waals surface area contributed by atoms with Crippen LogP contribution in [0.25, 0.3) is 0 Å². The van der Waals surface area contributed by atoms with E-state index < -0.39 is 11.9 Å². The molecule has 2 N–H and O–H groups in total. The van der Waals surface area contributed by atoms with Crippen molar-refractivity contribution in [2.45, 2.75) is 0 Å². The van der Waals surface area contributed by atoms with Gasteiger partial charge in [-0.15, -0.1) is 0 Å². The fourth-order valence-electron chi connectivity index (χ4n) is 2.38. The molecule has 4 atom stereocenters. The van der Waals surface area contributed by atoms with Gasteiger partial charge in [0, 0.05) is 12.5 Å². The Balaban J connectivity index is 2.13. The molecule has 2 rings (SSSR count). The Morgan fingerprint density at radius 2 is 2.21 bits per heavy atom. The SMILES string of the molecule is O=C(O)C1COCC2C1C=C[C@@H]2CO. The summed E-state index contributed by atoms with van der Waals surface area (Å²) < 4.78 is 5.26. The van der Waals surface area contributed by atoms with Crippen LogP contribution in [0.3, 0.4) is 0 Å². The number of allylic oxidation sites excluding steroid dienone is 1. The van der Waals surface area contributed by atoms with Crippen LogP contribution in [0.5, 0.6) is 0 Å². The third kappa shape index (κ3) is 1.44. The molecule has 0 aromatic rings. The van der Waals surface area contributed by atoms with Crippen LogP contribution >= 0.6 is 0 Å². The lowest BCUT2D eigenvalue weighted by molar-refractivity contribution is -0.151. The Kier molecular flexibility index (Phi) is 2.56. The van der Waals surface area contributed by atoms with E-state index in [1.54, 1.807) is 0 Å². The van der Waals surface area contributed by atoms with Crippen LogP contribution in [0.2, 0.25) is 0 Å². The van der Waals surface area contributed by atoms with Crippen molar-refractivity contribution in [2.75, 3.05) is 19.8 Å². The van der Waals surface area contributed by atoms with Crippen LogP contribution in [0, 0.1) is 23.7 Å². The topological polar surface area (TPSA) is 66.8 Å². The third-order valence-corrected chi connectivity index (χ3v) is 3.23. The predicted molar refractivity (Wildman–Crippen MR) is 48.6 cm³/mol. The summed E-state index contributed by atoms with van der Waals surface area (Å²) in [5, 5.41) is 18.0. The van der Waals surface area contributed by atoms with Crippen LogP contribution in [-0.2, 0) is 9.53 Å². The van der Waals surface area contributed by atoms with Gasteiger partial charge in [-0.05, 0) is 11.8 Å². The summed E-state index contributed by atoms with van der Waals surface area (Å²) in [5.41, 5.74) is 0. The lowest BCUT2D eigenvalue weighted by atomic mass is 9.79. The largest absolute Gasteiger partial charge is 0.481 e. The standard InChI is InChI=1S/C10H14O4/c11-3-6-1-2-7-8(6)4-14-5-9(7)10(12)13/h1-2,6-9,11H,3-5H2,(H,12,13)/t6-,7?,8?,9?/m1/s1. The first-order valence-electron chi connectivity index (χ1n) is 4.83. The quantitative estimate of drug-likeness (QED) is 0.619. The highest BCUT2D eigenvalue weighted by molar-refractivity contribution is 5.71. The number of carboxylic acids is 1. The second kappa shape index (κ2) is 3.71. The van der Waals surface area contributed by atoms with Crippen LogP contribution in [-0.4, -0.2) is 36.0 Å². The predicted octanol–water partition coefficient (Wildman–Crippen LogP) is 0.128. The number of aliphatic hydroxyl groups excluding tert-OH is 1. The molecule has 0 spiro atoms. The Hall–Kier alpha value is -0.870. The first kappa shape index (κ1) is 9.68. The number of aliphatic hydroxyl groups is 1. The highest BCUT2D eigenvalue weighted by atomic mass is 16.5. The van der Waals surface area contributed by atoms with Crippen LogP contribution in [0.1, 0.15) is 0 Å². The van der Waals surface area contributed by atoms with Gasteiger partial charge in [-0.1, -0.05) is 12.2 Å². The van der Waals surface area contributed by atoms with Gasteiger partial charge in [0.1, 0.15) is 0 Å². The highest BCUT2D eigenvalue weighted by Gasteiger charge is 2.42. The number of hydrogen-bond acceptors (Lipinski definition) is 3. The Morgan fingerprint density at radius 1 is 1.43 bits per heavy atom. The van der Waals surface area contributed by atoms with E-state index in [4.69, 9.17) is 14.9 Å². The molecule has 1 heterocycles. The van der Waals surface area contributed by atoms with Gasteiger partial charge >= 0.3 is 5.97 Å². The minimum Gasteiger partial charge on any atom is -0.481 e. The maximum Gasteiger partial charge on any atom is 0.309 e. The van der Waals surface area contributed by atoms with Crippen LogP contribution in [0.4, 0.5) is 0 Å².